The molecule has 0 spiro atoms. The summed E-state index contributed by atoms with van der Waals surface area (Å²) in [6, 6.07) is 8.77. The van der Waals surface area contributed by atoms with E-state index in [2.05, 4.69) is 53.4 Å². The van der Waals surface area contributed by atoms with E-state index in [9.17, 15) is 0 Å². The van der Waals surface area contributed by atoms with Crippen LogP contribution in [0.4, 0.5) is 0 Å². The van der Waals surface area contributed by atoms with Crippen LogP contribution < -0.4 is 15.4 Å². The maximum Gasteiger partial charge on any atom is 0.191 e. The summed E-state index contributed by atoms with van der Waals surface area (Å²) >= 11 is 0. The number of ether oxygens (including phenoxy) is 2. The van der Waals surface area contributed by atoms with E-state index in [1.807, 2.05) is 19.2 Å². The summed E-state index contributed by atoms with van der Waals surface area (Å²) in [4.78, 5) is 6.89. The number of nitrogens with one attached hydrogen (secondary N) is 2. The molecule has 29 heavy (non-hydrogen) atoms. The van der Waals surface area contributed by atoms with Gasteiger partial charge in [0.2, 0.25) is 0 Å². The van der Waals surface area contributed by atoms with Crippen LogP contribution in [0.5, 0.6) is 5.75 Å². The average Bonchev–Trinajstić information content (AvgIpc) is 2.71. The lowest BCUT2D eigenvalue weighted by molar-refractivity contribution is 0.155. The Labute approximate surface area is 177 Å². The van der Waals surface area contributed by atoms with Crippen molar-refractivity contribution in [3.05, 3.63) is 29.8 Å². The van der Waals surface area contributed by atoms with Crippen molar-refractivity contribution in [2.75, 3.05) is 53.6 Å². The standard InChI is InChI=1S/C23H40N4O2/c1-23(2,3)20-9-6-7-10-21(20)29-18-13-25-22(24-4)26-19-11-15-27(16-12-19)14-8-17-28-5/h6-7,9-10,19H,8,11-18H2,1-5H3,(H2,24,25,26). The molecule has 0 saturated carbocycles. The predicted molar refractivity (Wildman–Crippen MR) is 121 cm³/mol. The maximum atomic E-state index is 6.05. The Hall–Kier alpha value is -1.79. The molecule has 0 amide bonds. The van der Waals surface area contributed by atoms with Crippen LogP contribution in [0.2, 0.25) is 0 Å². The molecule has 1 aromatic rings. The molecule has 1 saturated heterocycles. The highest BCUT2D eigenvalue weighted by Gasteiger charge is 2.20. The highest BCUT2D eigenvalue weighted by Crippen LogP contribution is 2.30. The average molecular weight is 405 g/mol. The summed E-state index contributed by atoms with van der Waals surface area (Å²) in [5.41, 5.74) is 1.31. The number of likely N-dealkylation sites (tertiary alicyclic amines) is 1. The number of nitrogens with zero attached hydrogens (tertiary/aromatic N) is 2. The SMILES string of the molecule is CN=C(NCCOc1ccccc1C(C)(C)C)NC1CCN(CCCOC)CC1. The topological polar surface area (TPSA) is 58.1 Å². The quantitative estimate of drug-likeness (QED) is 0.376. The highest BCUT2D eigenvalue weighted by molar-refractivity contribution is 5.79. The van der Waals surface area contributed by atoms with Crippen molar-refractivity contribution in [2.45, 2.75) is 51.5 Å². The Balaban J connectivity index is 1.69. The van der Waals surface area contributed by atoms with Crippen molar-refractivity contribution in [1.29, 1.82) is 0 Å². The minimum atomic E-state index is 0.0695. The molecule has 2 N–H and O–H groups in total. The number of methoxy groups -OCH3 is 1. The zero-order valence-electron chi connectivity index (χ0n) is 19.0. The van der Waals surface area contributed by atoms with Gasteiger partial charge in [-0.25, -0.2) is 0 Å². The number of guanidine groups is 1. The van der Waals surface area contributed by atoms with E-state index in [0.717, 1.165) is 57.2 Å². The molecule has 1 aliphatic rings. The molecule has 0 bridgehead atoms. The van der Waals surface area contributed by atoms with Gasteiger partial charge in [-0.2, -0.15) is 0 Å². The van der Waals surface area contributed by atoms with Gasteiger partial charge in [0.1, 0.15) is 12.4 Å². The molecule has 1 fully saturated rings. The van der Waals surface area contributed by atoms with Gasteiger partial charge in [-0.05, 0) is 36.3 Å². The fourth-order valence-electron chi connectivity index (χ4n) is 3.66. The third-order valence-corrected chi connectivity index (χ3v) is 5.32. The molecule has 1 aromatic carbocycles. The molecule has 164 valence electrons. The number of piperidine rings is 1. The van der Waals surface area contributed by atoms with Crippen molar-refractivity contribution in [3.63, 3.8) is 0 Å². The van der Waals surface area contributed by atoms with Crippen molar-refractivity contribution >= 4 is 5.96 Å². The first kappa shape index (κ1) is 23.5. The van der Waals surface area contributed by atoms with Crippen molar-refractivity contribution < 1.29 is 9.47 Å². The molecular weight excluding hydrogens is 364 g/mol. The number of para-hydroxylation sites is 1. The Morgan fingerprint density at radius 3 is 2.55 bits per heavy atom. The first-order valence-corrected chi connectivity index (χ1v) is 10.8. The third-order valence-electron chi connectivity index (χ3n) is 5.32. The predicted octanol–water partition coefficient (Wildman–Crippen LogP) is 3.03. The minimum absolute atomic E-state index is 0.0695. The summed E-state index contributed by atoms with van der Waals surface area (Å²) in [7, 11) is 3.59. The van der Waals surface area contributed by atoms with E-state index in [-0.39, 0.29) is 5.41 Å². The van der Waals surface area contributed by atoms with Crippen molar-refractivity contribution in [2.24, 2.45) is 4.99 Å². The molecule has 6 heteroatoms. The number of hydrogen-bond donors (Lipinski definition) is 2. The normalized spacial score (nSPS) is 16.7. The van der Waals surface area contributed by atoms with E-state index >= 15 is 0 Å². The van der Waals surface area contributed by atoms with Crippen LogP contribution in [0, 0.1) is 0 Å². The van der Waals surface area contributed by atoms with Gasteiger partial charge in [-0.3, -0.25) is 4.99 Å². The Morgan fingerprint density at radius 2 is 1.90 bits per heavy atom. The highest BCUT2D eigenvalue weighted by atomic mass is 16.5. The van der Waals surface area contributed by atoms with Crippen molar-refractivity contribution in [1.82, 2.24) is 15.5 Å². The number of benzene rings is 1. The Morgan fingerprint density at radius 1 is 1.17 bits per heavy atom. The second kappa shape index (κ2) is 12.0. The minimum Gasteiger partial charge on any atom is -0.491 e. The first-order chi connectivity index (χ1) is 13.9. The lowest BCUT2D eigenvalue weighted by atomic mass is 9.86. The largest absolute Gasteiger partial charge is 0.491 e. The summed E-state index contributed by atoms with van der Waals surface area (Å²) in [6.07, 6.45) is 3.39. The third kappa shape index (κ3) is 8.23. The van der Waals surface area contributed by atoms with Crippen LogP contribution in [0.15, 0.2) is 29.3 Å². The molecule has 2 rings (SSSR count). The molecule has 1 heterocycles. The lowest BCUT2D eigenvalue weighted by Crippen LogP contribution is -2.49. The summed E-state index contributed by atoms with van der Waals surface area (Å²) in [6.45, 7) is 12.2. The summed E-state index contributed by atoms with van der Waals surface area (Å²) < 4.78 is 11.2. The van der Waals surface area contributed by atoms with Crippen LogP contribution in [-0.2, 0) is 10.2 Å². The zero-order valence-corrected chi connectivity index (χ0v) is 19.0. The number of aliphatic imine (C=N–C) groups is 1. The number of rotatable bonds is 9. The molecule has 0 aromatic heterocycles. The summed E-state index contributed by atoms with van der Waals surface area (Å²) in [5.74, 6) is 1.82. The van der Waals surface area contributed by atoms with Crippen LogP contribution in [0.1, 0.15) is 45.6 Å². The van der Waals surface area contributed by atoms with Crippen LogP contribution in [-0.4, -0.2) is 70.5 Å². The van der Waals surface area contributed by atoms with Gasteiger partial charge in [0.25, 0.3) is 0 Å². The maximum absolute atomic E-state index is 6.05. The van der Waals surface area contributed by atoms with E-state index in [0.29, 0.717) is 19.2 Å². The van der Waals surface area contributed by atoms with Gasteiger partial charge in [0, 0.05) is 46.4 Å². The fraction of sp³-hybridized carbons (Fsp3) is 0.696. The number of hydrogen-bond acceptors (Lipinski definition) is 4. The Bertz CT molecular complexity index is 620. The van der Waals surface area contributed by atoms with E-state index < -0.39 is 0 Å². The molecule has 0 unspecified atom stereocenters. The van der Waals surface area contributed by atoms with Crippen LogP contribution in [0.25, 0.3) is 0 Å². The van der Waals surface area contributed by atoms with E-state index in [1.54, 1.807) is 7.11 Å². The Kier molecular flexibility index (Phi) is 9.74. The van der Waals surface area contributed by atoms with Gasteiger partial charge >= 0.3 is 0 Å². The molecule has 0 atom stereocenters. The molecule has 0 radical (unpaired) electrons. The second-order valence-electron chi connectivity index (χ2n) is 8.70. The molecular formula is C23H40N4O2. The summed E-state index contributed by atoms with van der Waals surface area (Å²) in [5, 5.41) is 6.94. The van der Waals surface area contributed by atoms with E-state index in [1.165, 1.54) is 5.56 Å². The molecule has 0 aliphatic carbocycles. The fourth-order valence-corrected chi connectivity index (χ4v) is 3.66. The monoisotopic (exact) mass is 404 g/mol. The molecule has 1 aliphatic heterocycles. The van der Waals surface area contributed by atoms with Crippen molar-refractivity contribution in [3.8, 4) is 5.75 Å². The first-order valence-electron chi connectivity index (χ1n) is 10.8. The van der Waals surface area contributed by atoms with Crippen LogP contribution in [0.3, 0.4) is 0 Å². The second-order valence-corrected chi connectivity index (χ2v) is 8.70. The molecule has 6 nitrogen and oxygen atoms in total. The lowest BCUT2D eigenvalue weighted by Gasteiger charge is -2.33. The van der Waals surface area contributed by atoms with Gasteiger partial charge in [0.05, 0.1) is 6.54 Å². The van der Waals surface area contributed by atoms with Gasteiger partial charge in [0.15, 0.2) is 5.96 Å². The smallest absolute Gasteiger partial charge is 0.191 e. The van der Waals surface area contributed by atoms with Gasteiger partial charge in [-0.15, -0.1) is 0 Å². The van der Waals surface area contributed by atoms with E-state index in [4.69, 9.17) is 9.47 Å². The van der Waals surface area contributed by atoms with Crippen LogP contribution >= 0.6 is 0 Å². The van der Waals surface area contributed by atoms with Gasteiger partial charge < -0.3 is 25.0 Å². The van der Waals surface area contributed by atoms with Gasteiger partial charge in [-0.1, -0.05) is 39.0 Å². The zero-order chi connectivity index (χ0) is 21.1.